The Morgan fingerprint density at radius 3 is 2.62 bits per heavy atom. The van der Waals surface area contributed by atoms with Crippen LogP contribution in [-0.2, 0) is 28.6 Å². The molecule has 6 nitrogen and oxygen atoms in total. The molecule has 10 heteroatoms. The van der Waals surface area contributed by atoms with Gasteiger partial charge >= 0.3 is 191 Å². The van der Waals surface area contributed by atoms with Gasteiger partial charge in [0, 0.05) is 0 Å². The third-order valence-corrected chi connectivity index (χ3v) is 12.8. The topological polar surface area (TPSA) is 78.9 Å². The van der Waals surface area contributed by atoms with E-state index in [1.54, 1.807) is 6.92 Å². The first kappa shape index (κ1) is 20.9. The Morgan fingerprint density at radius 1 is 1.28 bits per heavy atom. The van der Waals surface area contributed by atoms with E-state index in [4.69, 9.17) is 22.1 Å². The number of carbonyl (C=O) groups is 3. The summed E-state index contributed by atoms with van der Waals surface area (Å²) in [7, 11) is 6.28. The van der Waals surface area contributed by atoms with E-state index in [9.17, 15) is 14.4 Å². The zero-order valence-corrected chi connectivity index (χ0v) is 20.5. The molecule has 0 aromatic rings. The van der Waals surface area contributed by atoms with Gasteiger partial charge in [0.2, 0.25) is 0 Å². The molecule has 5 aliphatic rings. The van der Waals surface area contributed by atoms with Gasteiger partial charge < -0.3 is 0 Å². The van der Waals surface area contributed by atoms with Crippen molar-refractivity contribution in [1.82, 2.24) is 0 Å². The molecule has 0 amide bonds. The van der Waals surface area contributed by atoms with Crippen LogP contribution in [0.3, 0.4) is 0 Å². The molecular weight excluding hydrogens is 600 g/mol. The Morgan fingerprint density at radius 2 is 1.97 bits per heavy atom. The van der Waals surface area contributed by atoms with Gasteiger partial charge in [0.15, 0.2) is 0 Å². The maximum atomic E-state index is 13.0. The van der Waals surface area contributed by atoms with Crippen molar-refractivity contribution in [1.29, 1.82) is 0 Å². The van der Waals surface area contributed by atoms with Crippen molar-refractivity contribution in [2.75, 3.05) is 0 Å². The van der Waals surface area contributed by atoms with E-state index in [-0.39, 0.29) is 56.8 Å². The average Bonchev–Trinajstić information content (AvgIpc) is 3.10. The fourth-order valence-corrected chi connectivity index (χ4v) is 8.98. The summed E-state index contributed by atoms with van der Waals surface area (Å²) < 4.78 is 15.9. The van der Waals surface area contributed by atoms with Crippen molar-refractivity contribution >= 4 is 53.5 Å². The van der Waals surface area contributed by atoms with Crippen LogP contribution in [0.1, 0.15) is 45.4 Å². The van der Waals surface area contributed by atoms with Crippen molar-refractivity contribution in [3.63, 3.8) is 0 Å². The predicted octanol–water partition coefficient (Wildman–Crippen LogP) is -1.68. The minimum atomic E-state index is -0.847. The molecule has 3 aliphatic carbocycles. The molecule has 3 radical (unpaired) electrons. The number of esters is 3. The second-order valence-corrected chi connectivity index (χ2v) is 14.3. The molecule has 8 atom stereocenters. The summed E-state index contributed by atoms with van der Waals surface area (Å²) in [5.41, 5.74) is 0. The van der Waals surface area contributed by atoms with E-state index in [1.165, 1.54) is 6.42 Å². The van der Waals surface area contributed by atoms with Gasteiger partial charge in [-0.25, -0.2) is 0 Å². The summed E-state index contributed by atoms with van der Waals surface area (Å²) in [4.78, 5) is 38.5. The Balaban J connectivity index is 1.33. The van der Waals surface area contributed by atoms with Gasteiger partial charge in [0.1, 0.15) is 0 Å². The number of hydrogen-bond donors (Lipinski definition) is 0. The normalized spacial score (nSPS) is 44.8. The number of ether oxygens (including phenoxy) is 3. The zero-order valence-electron chi connectivity index (χ0n) is 16.1. The fourth-order valence-electron chi connectivity index (χ4n) is 5.55. The third kappa shape index (κ3) is 3.28. The molecule has 0 spiro atoms. The molecular formula is C19H22B2I2O6-. The Hall–Kier alpha value is -0.000130. The summed E-state index contributed by atoms with van der Waals surface area (Å²) in [5.74, 6) is -2.36. The summed E-state index contributed by atoms with van der Waals surface area (Å²) in [6.07, 6.45) is 4.64. The molecule has 2 heterocycles. The first-order valence-corrected chi connectivity index (χ1v) is 13.7. The molecule has 155 valence electrons. The van der Waals surface area contributed by atoms with Crippen LogP contribution in [0.15, 0.2) is 0 Å². The van der Waals surface area contributed by atoms with E-state index in [0.29, 0.717) is 6.42 Å². The van der Waals surface area contributed by atoms with Crippen LogP contribution >= 0.6 is 22.6 Å². The molecule has 5 rings (SSSR count). The third-order valence-electron chi connectivity index (χ3n) is 7.34. The number of alkyl halides is 2. The molecule has 0 N–H and O–H groups in total. The zero-order chi connectivity index (χ0) is 20.6. The second kappa shape index (κ2) is 7.27. The van der Waals surface area contributed by atoms with Crippen molar-refractivity contribution in [2.24, 2.45) is 23.7 Å². The monoisotopic (exact) mass is 622 g/mol. The Labute approximate surface area is 196 Å². The van der Waals surface area contributed by atoms with Crippen molar-refractivity contribution in [2.45, 2.75) is 70.4 Å². The predicted molar refractivity (Wildman–Crippen MR) is 108 cm³/mol. The molecule has 3 saturated carbocycles. The molecule has 0 aromatic carbocycles. The van der Waals surface area contributed by atoms with Crippen LogP contribution in [0, 0.1) is 23.7 Å². The molecule has 8 unspecified atom stereocenters. The van der Waals surface area contributed by atoms with Gasteiger partial charge in [-0.1, -0.05) is 6.42 Å². The van der Waals surface area contributed by atoms with Crippen LogP contribution in [-0.4, -0.2) is 55.8 Å². The number of fused-ring (bicyclic) bond motifs is 1. The van der Waals surface area contributed by atoms with Gasteiger partial charge in [-0.05, 0) is 0 Å². The average molecular weight is 622 g/mol. The molecule has 29 heavy (non-hydrogen) atoms. The molecule has 5 fully saturated rings. The number of rotatable bonds is 5. The summed E-state index contributed by atoms with van der Waals surface area (Å²) in [6.45, 7) is 1.80. The molecule has 2 saturated heterocycles. The van der Waals surface area contributed by atoms with Crippen LogP contribution < -0.4 is 21.0 Å². The van der Waals surface area contributed by atoms with Crippen LogP contribution in [0.4, 0.5) is 0 Å². The fraction of sp³-hybridized carbons (Fsp3) is 0.842. The second-order valence-electron chi connectivity index (χ2n) is 9.07. The van der Waals surface area contributed by atoms with Crippen molar-refractivity contribution < 1.29 is 49.6 Å². The van der Waals surface area contributed by atoms with Gasteiger partial charge in [0.25, 0.3) is 0 Å². The van der Waals surface area contributed by atoms with Crippen molar-refractivity contribution in [3.05, 3.63) is 0 Å². The molecule has 2 bridgehead atoms. The summed E-state index contributed by atoms with van der Waals surface area (Å²) in [6, 6.07) is 0. The SMILES string of the molecule is [B]C1(C(C)(I)C(=O)OC2C3CC4C2OC(=O)C4C3C(=O)OC2CCCCC2)[B][I-]1. The van der Waals surface area contributed by atoms with Crippen molar-refractivity contribution in [3.8, 4) is 0 Å². The van der Waals surface area contributed by atoms with E-state index in [0.717, 1.165) is 25.7 Å². The van der Waals surface area contributed by atoms with Gasteiger partial charge in [0.05, 0.1) is 0 Å². The van der Waals surface area contributed by atoms with Crippen LogP contribution in [0.5, 0.6) is 0 Å². The number of carbonyl (C=O) groups excluding carboxylic acids is 3. The van der Waals surface area contributed by atoms with E-state index < -0.39 is 30.7 Å². The van der Waals surface area contributed by atoms with Gasteiger partial charge in [-0.3, -0.25) is 0 Å². The van der Waals surface area contributed by atoms with E-state index in [2.05, 4.69) is 22.6 Å². The van der Waals surface area contributed by atoms with E-state index >= 15 is 0 Å². The number of halogens is 2. The first-order chi connectivity index (χ1) is 13.7. The van der Waals surface area contributed by atoms with Gasteiger partial charge in [-0.2, -0.15) is 0 Å². The number of hydrogen-bond acceptors (Lipinski definition) is 6. The summed E-state index contributed by atoms with van der Waals surface area (Å²) >= 11 is 1.76. The Bertz CT molecular complexity index is 751. The molecule has 0 aromatic heterocycles. The Kier molecular flexibility index (Phi) is 5.23. The quantitative estimate of drug-likeness (QED) is 0.120. The molecule has 2 aliphatic heterocycles. The first-order valence-electron chi connectivity index (χ1n) is 10.3. The van der Waals surface area contributed by atoms with Gasteiger partial charge in [-0.15, -0.1) is 0 Å². The maximum absolute atomic E-state index is 13.0. The standard InChI is InChI=1S/C19H22B2I2O6/c1-18(22,19(20)21-23-19)17(26)29-14-10-7-9-12(16(25)28-13(9)14)11(10)15(24)27-8-5-3-2-4-6-8/h8-14H,2-7H2,1H3/q-1. The minimum absolute atomic E-state index is 0.0614. The van der Waals surface area contributed by atoms with Crippen LogP contribution in [0.2, 0.25) is 0 Å². The van der Waals surface area contributed by atoms with E-state index in [1.807, 2.05) is 5.14 Å². The van der Waals surface area contributed by atoms with Crippen LogP contribution in [0.25, 0.3) is 0 Å². The summed E-state index contributed by atoms with van der Waals surface area (Å²) in [5, 5.41) is 2.01.